The zero-order valence-corrected chi connectivity index (χ0v) is 14.0. The highest BCUT2D eigenvalue weighted by molar-refractivity contribution is 7.91. The molecule has 0 aliphatic heterocycles. The molecule has 0 atom stereocenters. The van der Waals surface area contributed by atoms with Crippen molar-refractivity contribution in [2.75, 3.05) is 5.75 Å². The van der Waals surface area contributed by atoms with Crippen LogP contribution in [0.1, 0.15) is 22.3 Å². The smallest absolute Gasteiger partial charge is 0.269 e. The maximum absolute atomic E-state index is 12.1. The van der Waals surface area contributed by atoms with Crippen LogP contribution in [0.4, 0.5) is 0 Å². The third-order valence-corrected chi connectivity index (χ3v) is 5.06. The van der Waals surface area contributed by atoms with Gasteiger partial charge >= 0.3 is 0 Å². The number of hydrogen-bond donors (Lipinski definition) is 2. The Labute approximate surface area is 140 Å². The molecule has 0 heterocycles. The van der Waals surface area contributed by atoms with Crippen molar-refractivity contribution in [2.45, 2.75) is 18.2 Å². The van der Waals surface area contributed by atoms with E-state index in [1.807, 2.05) is 6.92 Å². The van der Waals surface area contributed by atoms with Crippen molar-refractivity contribution in [2.24, 2.45) is 0 Å². The van der Waals surface area contributed by atoms with Gasteiger partial charge in [-0.1, -0.05) is 35.9 Å². The van der Waals surface area contributed by atoms with Gasteiger partial charge in [0.15, 0.2) is 9.84 Å². The second-order valence-electron chi connectivity index (χ2n) is 5.25. The van der Waals surface area contributed by atoms with Gasteiger partial charge in [-0.3, -0.25) is 20.4 Å². The molecule has 0 fully saturated rings. The number of nitrogens with one attached hydrogen (secondary N) is 2. The molecule has 0 unspecified atom stereocenters. The summed E-state index contributed by atoms with van der Waals surface area (Å²) in [6, 6.07) is 14.8. The Bertz CT molecular complexity index is 815. The van der Waals surface area contributed by atoms with Gasteiger partial charge in [0.1, 0.15) is 0 Å². The fourth-order valence-electron chi connectivity index (χ4n) is 1.94. The number of carbonyl (C=O) groups is 2. The van der Waals surface area contributed by atoms with Gasteiger partial charge in [-0.05, 0) is 31.2 Å². The summed E-state index contributed by atoms with van der Waals surface area (Å²) in [6.07, 6.45) is -0.245. The van der Waals surface area contributed by atoms with Crippen molar-refractivity contribution in [3.8, 4) is 0 Å². The average Bonchev–Trinajstić information content (AvgIpc) is 2.59. The molecule has 126 valence electrons. The minimum atomic E-state index is -3.54. The van der Waals surface area contributed by atoms with E-state index in [2.05, 4.69) is 10.9 Å². The molecule has 6 nitrogen and oxygen atoms in total. The predicted molar refractivity (Wildman–Crippen MR) is 89.9 cm³/mol. The summed E-state index contributed by atoms with van der Waals surface area (Å²) >= 11 is 0. The van der Waals surface area contributed by atoms with Crippen LogP contribution >= 0.6 is 0 Å². The predicted octanol–water partition coefficient (Wildman–Crippen LogP) is 1.62. The quantitative estimate of drug-likeness (QED) is 0.805. The Kier molecular flexibility index (Phi) is 5.70. The summed E-state index contributed by atoms with van der Waals surface area (Å²) < 4.78 is 24.3. The molecule has 2 aromatic rings. The third kappa shape index (κ3) is 4.92. The number of amides is 2. The monoisotopic (exact) mass is 346 g/mol. The Balaban J connectivity index is 1.84. The number of aryl methyl sites for hydroxylation is 1. The fraction of sp³-hybridized carbons (Fsp3) is 0.176. The molecule has 0 spiro atoms. The zero-order valence-electron chi connectivity index (χ0n) is 13.2. The summed E-state index contributed by atoms with van der Waals surface area (Å²) in [7, 11) is -3.54. The van der Waals surface area contributed by atoms with Crippen molar-refractivity contribution in [1.82, 2.24) is 10.9 Å². The second-order valence-corrected chi connectivity index (χ2v) is 7.36. The zero-order chi connectivity index (χ0) is 17.6. The first-order chi connectivity index (χ1) is 11.4. The highest BCUT2D eigenvalue weighted by atomic mass is 32.2. The first kappa shape index (κ1) is 17.7. The third-order valence-electron chi connectivity index (χ3n) is 3.33. The van der Waals surface area contributed by atoms with E-state index in [9.17, 15) is 18.0 Å². The van der Waals surface area contributed by atoms with Gasteiger partial charge in [0.25, 0.3) is 5.91 Å². The summed E-state index contributed by atoms with van der Waals surface area (Å²) in [5, 5.41) is 0. The van der Waals surface area contributed by atoms with Gasteiger partial charge in [0, 0.05) is 12.0 Å². The van der Waals surface area contributed by atoms with Crippen LogP contribution in [0, 0.1) is 6.92 Å². The highest BCUT2D eigenvalue weighted by Gasteiger charge is 2.16. The first-order valence-electron chi connectivity index (χ1n) is 7.32. The van der Waals surface area contributed by atoms with Crippen LogP contribution in [0.15, 0.2) is 59.5 Å². The van der Waals surface area contributed by atoms with Crippen LogP contribution in [0.25, 0.3) is 0 Å². The molecule has 2 aromatic carbocycles. The van der Waals surface area contributed by atoms with E-state index < -0.39 is 21.7 Å². The van der Waals surface area contributed by atoms with Gasteiger partial charge in [0.2, 0.25) is 5.91 Å². The van der Waals surface area contributed by atoms with Crippen molar-refractivity contribution in [3.63, 3.8) is 0 Å². The SMILES string of the molecule is Cc1ccc(S(=O)(=O)CCC(=O)NNC(=O)c2ccccc2)cc1. The van der Waals surface area contributed by atoms with Crippen molar-refractivity contribution < 1.29 is 18.0 Å². The minimum absolute atomic E-state index is 0.175. The maximum Gasteiger partial charge on any atom is 0.269 e. The lowest BCUT2D eigenvalue weighted by molar-refractivity contribution is -0.121. The van der Waals surface area contributed by atoms with E-state index in [0.29, 0.717) is 5.56 Å². The molecule has 0 aliphatic carbocycles. The molecule has 0 saturated carbocycles. The number of carbonyl (C=O) groups excluding carboxylic acids is 2. The van der Waals surface area contributed by atoms with Crippen LogP contribution < -0.4 is 10.9 Å². The summed E-state index contributed by atoms with van der Waals surface area (Å²) in [5.41, 5.74) is 5.81. The van der Waals surface area contributed by atoms with Gasteiger partial charge in [0.05, 0.1) is 10.6 Å². The molecule has 0 aromatic heterocycles. The van der Waals surface area contributed by atoms with E-state index in [1.165, 1.54) is 12.1 Å². The Hall–Kier alpha value is -2.67. The van der Waals surface area contributed by atoms with Crippen molar-refractivity contribution >= 4 is 21.7 Å². The molecular weight excluding hydrogens is 328 g/mol. The normalized spacial score (nSPS) is 10.9. The van der Waals surface area contributed by atoms with Crippen molar-refractivity contribution in [3.05, 3.63) is 65.7 Å². The van der Waals surface area contributed by atoms with Crippen LogP contribution in [-0.2, 0) is 14.6 Å². The lowest BCUT2D eigenvalue weighted by Gasteiger charge is -2.08. The minimum Gasteiger partial charge on any atom is -0.273 e. The molecule has 7 heteroatoms. The molecule has 2 amide bonds. The average molecular weight is 346 g/mol. The lowest BCUT2D eigenvalue weighted by Crippen LogP contribution is -2.42. The van der Waals surface area contributed by atoms with E-state index in [1.54, 1.807) is 42.5 Å². The van der Waals surface area contributed by atoms with E-state index in [0.717, 1.165) is 5.56 Å². The van der Waals surface area contributed by atoms with Crippen LogP contribution in [0.3, 0.4) is 0 Å². The molecule has 0 radical (unpaired) electrons. The number of benzene rings is 2. The van der Waals surface area contributed by atoms with E-state index in [4.69, 9.17) is 0 Å². The molecule has 0 saturated heterocycles. The number of hydrazine groups is 1. The molecule has 24 heavy (non-hydrogen) atoms. The fourth-order valence-corrected chi connectivity index (χ4v) is 3.18. The standard InChI is InChI=1S/C17H18N2O4S/c1-13-7-9-15(10-8-13)24(22,23)12-11-16(20)18-19-17(21)14-5-3-2-4-6-14/h2-10H,11-12H2,1H3,(H,18,20)(H,19,21). The Morgan fingerprint density at radius 1 is 0.917 bits per heavy atom. The maximum atomic E-state index is 12.1. The second kappa shape index (κ2) is 7.74. The largest absolute Gasteiger partial charge is 0.273 e. The summed E-state index contributed by atoms with van der Waals surface area (Å²) in [4.78, 5) is 23.7. The summed E-state index contributed by atoms with van der Waals surface area (Å²) in [6.45, 7) is 1.86. The molecule has 2 rings (SSSR count). The van der Waals surface area contributed by atoms with E-state index in [-0.39, 0.29) is 17.1 Å². The highest BCUT2D eigenvalue weighted by Crippen LogP contribution is 2.12. The van der Waals surface area contributed by atoms with Gasteiger partial charge < -0.3 is 0 Å². The molecule has 0 aliphatic rings. The number of hydrogen-bond acceptors (Lipinski definition) is 4. The molecule has 0 bridgehead atoms. The van der Waals surface area contributed by atoms with Gasteiger partial charge in [-0.25, -0.2) is 8.42 Å². The van der Waals surface area contributed by atoms with Crippen LogP contribution in [0.2, 0.25) is 0 Å². The topological polar surface area (TPSA) is 92.3 Å². The van der Waals surface area contributed by atoms with Crippen LogP contribution in [-0.4, -0.2) is 26.0 Å². The van der Waals surface area contributed by atoms with Gasteiger partial charge in [-0.15, -0.1) is 0 Å². The van der Waals surface area contributed by atoms with Crippen LogP contribution in [0.5, 0.6) is 0 Å². The number of rotatable bonds is 5. The van der Waals surface area contributed by atoms with Crippen molar-refractivity contribution in [1.29, 1.82) is 0 Å². The Morgan fingerprint density at radius 3 is 2.17 bits per heavy atom. The van der Waals surface area contributed by atoms with Gasteiger partial charge in [-0.2, -0.15) is 0 Å². The Morgan fingerprint density at radius 2 is 1.54 bits per heavy atom. The summed E-state index contributed by atoms with van der Waals surface area (Å²) in [5.74, 6) is -1.37. The molecular formula is C17H18N2O4S. The van der Waals surface area contributed by atoms with E-state index >= 15 is 0 Å². The number of sulfone groups is 1. The molecule has 2 N–H and O–H groups in total. The first-order valence-corrected chi connectivity index (χ1v) is 8.97. The lowest BCUT2D eigenvalue weighted by atomic mass is 10.2.